The lowest BCUT2D eigenvalue weighted by Gasteiger charge is -2.13. The van der Waals surface area contributed by atoms with Crippen molar-refractivity contribution in [1.29, 1.82) is 0 Å². The molecule has 0 bridgehead atoms. The second-order valence-corrected chi connectivity index (χ2v) is 4.29. The van der Waals surface area contributed by atoms with Crippen LogP contribution in [0.1, 0.15) is 40.5 Å². The van der Waals surface area contributed by atoms with Gasteiger partial charge in [0.15, 0.2) is 0 Å². The van der Waals surface area contributed by atoms with Crippen LogP contribution < -0.4 is 5.32 Å². The van der Waals surface area contributed by atoms with Gasteiger partial charge in [0, 0.05) is 0 Å². The Labute approximate surface area is 103 Å². The van der Waals surface area contributed by atoms with Gasteiger partial charge >= 0.3 is 12.1 Å². The molecule has 0 aliphatic carbocycles. The average Bonchev–Trinajstić information content (AvgIpc) is 2.23. The molecule has 100 valence electrons. The highest BCUT2D eigenvalue weighted by Gasteiger charge is 2.17. The predicted molar refractivity (Wildman–Crippen MR) is 64.7 cm³/mol. The van der Waals surface area contributed by atoms with Crippen molar-refractivity contribution >= 4 is 12.1 Å². The molecule has 1 atom stereocenters. The molecule has 0 rings (SSSR count). The van der Waals surface area contributed by atoms with E-state index in [4.69, 9.17) is 4.74 Å². The molecule has 5 heteroatoms. The Morgan fingerprint density at radius 2 is 1.82 bits per heavy atom. The summed E-state index contributed by atoms with van der Waals surface area (Å²) in [6.07, 6.45) is 1.27. The zero-order chi connectivity index (χ0) is 13.3. The summed E-state index contributed by atoms with van der Waals surface area (Å²) >= 11 is 0. The van der Waals surface area contributed by atoms with Crippen LogP contribution in [0.15, 0.2) is 0 Å². The summed E-state index contributed by atoms with van der Waals surface area (Å²) in [7, 11) is 0. The first-order valence-corrected chi connectivity index (χ1v) is 6.07. The Morgan fingerprint density at radius 1 is 1.18 bits per heavy atom. The molecule has 1 amide bonds. The van der Waals surface area contributed by atoms with Crippen molar-refractivity contribution < 1.29 is 19.1 Å². The van der Waals surface area contributed by atoms with Gasteiger partial charge in [-0.1, -0.05) is 13.8 Å². The van der Waals surface area contributed by atoms with Crippen LogP contribution >= 0.6 is 0 Å². The summed E-state index contributed by atoms with van der Waals surface area (Å²) in [5.41, 5.74) is 0. The molecule has 0 aromatic rings. The van der Waals surface area contributed by atoms with Crippen LogP contribution in [0.25, 0.3) is 0 Å². The Bertz CT molecular complexity index is 241. The minimum Gasteiger partial charge on any atom is -0.464 e. The second-order valence-electron chi connectivity index (χ2n) is 4.29. The van der Waals surface area contributed by atoms with Gasteiger partial charge in [-0.05, 0) is 32.6 Å². The fourth-order valence-corrected chi connectivity index (χ4v) is 1.20. The fraction of sp³-hybridized carbons (Fsp3) is 0.833. The van der Waals surface area contributed by atoms with Gasteiger partial charge in [0.25, 0.3) is 0 Å². The number of rotatable bonds is 7. The monoisotopic (exact) mass is 245 g/mol. The number of hydrogen-bond acceptors (Lipinski definition) is 4. The molecule has 0 aromatic heterocycles. The van der Waals surface area contributed by atoms with E-state index in [1.54, 1.807) is 13.8 Å². The second kappa shape index (κ2) is 8.84. The number of carbonyl (C=O) groups is 2. The first kappa shape index (κ1) is 15.7. The zero-order valence-corrected chi connectivity index (χ0v) is 11.1. The van der Waals surface area contributed by atoms with Gasteiger partial charge in [-0.15, -0.1) is 0 Å². The largest absolute Gasteiger partial charge is 0.464 e. The van der Waals surface area contributed by atoms with Crippen molar-refractivity contribution in [1.82, 2.24) is 5.32 Å². The van der Waals surface area contributed by atoms with Crippen LogP contribution in [0.4, 0.5) is 4.79 Å². The Morgan fingerprint density at radius 3 is 2.35 bits per heavy atom. The zero-order valence-electron chi connectivity index (χ0n) is 11.1. The molecule has 0 fully saturated rings. The minimum atomic E-state index is -0.673. The first-order valence-electron chi connectivity index (χ1n) is 6.07. The summed E-state index contributed by atoms with van der Waals surface area (Å²) in [6, 6.07) is -0.673. The van der Waals surface area contributed by atoms with Crippen molar-refractivity contribution in [3.05, 3.63) is 0 Å². The maximum Gasteiger partial charge on any atom is 0.407 e. The van der Waals surface area contributed by atoms with E-state index in [1.807, 2.05) is 0 Å². The van der Waals surface area contributed by atoms with E-state index in [2.05, 4.69) is 23.9 Å². The lowest BCUT2D eigenvalue weighted by Crippen LogP contribution is -2.39. The van der Waals surface area contributed by atoms with Crippen molar-refractivity contribution in [2.75, 3.05) is 13.2 Å². The van der Waals surface area contributed by atoms with Gasteiger partial charge in [0.1, 0.15) is 6.04 Å². The molecule has 5 nitrogen and oxygen atoms in total. The van der Waals surface area contributed by atoms with Gasteiger partial charge in [-0.2, -0.15) is 0 Å². The molecular weight excluding hydrogens is 222 g/mol. The number of carbonyl (C=O) groups excluding carboxylic acids is 2. The fourth-order valence-electron chi connectivity index (χ4n) is 1.20. The van der Waals surface area contributed by atoms with Crippen LogP contribution in [0.5, 0.6) is 0 Å². The third-order valence-corrected chi connectivity index (χ3v) is 2.13. The number of ether oxygens (including phenoxy) is 2. The maximum absolute atomic E-state index is 11.4. The highest BCUT2D eigenvalue weighted by atomic mass is 16.6. The molecule has 0 aliphatic rings. The van der Waals surface area contributed by atoms with Gasteiger partial charge < -0.3 is 14.8 Å². The van der Waals surface area contributed by atoms with Crippen LogP contribution in [0.3, 0.4) is 0 Å². The molecule has 0 spiro atoms. The van der Waals surface area contributed by atoms with Gasteiger partial charge in [0.05, 0.1) is 13.2 Å². The molecule has 0 aliphatic heterocycles. The molecule has 17 heavy (non-hydrogen) atoms. The van der Waals surface area contributed by atoms with E-state index in [0.717, 1.165) is 12.8 Å². The standard InChI is InChI=1S/C12H23NO4/c1-5-16-12(15)13-10(4)11(14)17-8-6-7-9(2)3/h9-10H,5-8H2,1-4H3,(H,13,15). The van der Waals surface area contributed by atoms with Gasteiger partial charge in [-0.25, -0.2) is 9.59 Å². The molecule has 0 radical (unpaired) electrons. The SMILES string of the molecule is CCOC(=O)NC(C)C(=O)OCCCC(C)C. The molecule has 0 heterocycles. The molecular formula is C12H23NO4. The van der Waals surface area contributed by atoms with Crippen LogP contribution in [0.2, 0.25) is 0 Å². The van der Waals surface area contributed by atoms with Crippen molar-refractivity contribution in [3.63, 3.8) is 0 Å². The molecule has 0 saturated heterocycles. The summed E-state index contributed by atoms with van der Waals surface area (Å²) in [6.45, 7) is 8.18. The number of esters is 1. The number of amides is 1. The summed E-state index contributed by atoms with van der Waals surface area (Å²) in [5, 5.41) is 2.39. The van der Waals surface area contributed by atoms with E-state index in [-0.39, 0.29) is 6.61 Å². The van der Waals surface area contributed by atoms with Gasteiger partial charge in [-0.3, -0.25) is 0 Å². The van der Waals surface area contributed by atoms with E-state index >= 15 is 0 Å². The minimum absolute atomic E-state index is 0.280. The van der Waals surface area contributed by atoms with Gasteiger partial charge in [0.2, 0.25) is 0 Å². The average molecular weight is 245 g/mol. The lowest BCUT2D eigenvalue weighted by atomic mass is 10.1. The number of alkyl carbamates (subject to hydrolysis) is 1. The molecule has 1 unspecified atom stereocenters. The highest BCUT2D eigenvalue weighted by molar-refractivity contribution is 5.80. The molecule has 1 N–H and O–H groups in total. The van der Waals surface area contributed by atoms with Crippen LogP contribution in [-0.4, -0.2) is 31.3 Å². The van der Waals surface area contributed by atoms with Crippen LogP contribution in [-0.2, 0) is 14.3 Å². The van der Waals surface area contributed by atoms with E-state index in [9.17, 15) is 9.59 Å². The summed E-state index contributed by atoms with van der Waals surface area (Å²) in [4.78, 5) is 22.5. The van der Waals surface area contributed by atoms with Crippen molar-refractivity contribution in [3.8, 4) is 0 Å². The molecule has 0 aromatic carbocycles. The molecule has 0 saturated carbocycles. The van der Waals surface area contributed by atoms with Crippen molar-refractivity contribution in [2.45, 2.75) is 46.6 Å². The number of hydrogen-bond donors (Lipinski definition) is 1. The number of nitrogens with one attached hydrogen (secondary N) is 1. The Balaban J connectivity index is 3.71. The first-order chi connectivity index (χ1) is 7.97. The summed E-state index contributed by atoms with van der Waals surface area (Å²) in [5.74, 6) is 0.172. The third kappa shape index (κ3) is 8.54. The maximum atomic E-state index is 11.4. The van der Waals surface area contributed by atoms with Crippen LogP contribution in [0, 0.1) is 5.92 Å². The predicted octanol–water partition coefficient (Wildman–Crippen LogP) is 2.10. The smallest absolute Gasteiger partial charge is 0.407 e. The Hall–Kier alpha value is -1.26. The van der Waals surface area contributed by atoms with Crippen molar-refractivity contribution in [2.24, 2.45) is 5.92 Å². The van der Waals surface area contributed by atoms with E-state index in [0.29, 0.717) is 12.5 Å². The highest BCUT2D eigenvalue weighted by Crippen LogP contribution is 2.03. The normalized spacial score (nSPS) is 12.1. The third-order valence-electron chi connectivity index (χ3n) is 2.13. The lowest BCUT2D eigenvalue weighted by molar-refractivity contribution is -0.145. The van der Waals surface area contributed by atoms with E-state index < -0.39 is 18.1 Å². The quantitative estimate of drug-likeness (QED) is 0.551. The topological polar surface area (TPSA) is 64.6 Å². The van der Waals surface area contributed by atoms with E-state index in [1.165, 1.54) is 0 Å². The Kier molecular flexibility index (Phi) is 8.19. The summed E-state index contributed by atoms with van der Waals surface area (Å²) < 4.78 is 9.69.